The van der Waals surface area contributed by atoms with Gasteiger partial charge in [-0.2, -0.15) is 5.10 Å². The number of aliphatic hydroxyl groups excluding tert-OH is 1. The van der Waals surface area contributed by atoms with Gasteiger partial charge in [-0.1, -0.05) is 0 Å². The molecule has 6 rings (SSSR count). The van der Waals surface area contributed by atoms with E-state index < -0.39 is 0 Å². The summed E-state index contributed by atoms with van der Waals surface area (Å²) in [5, 5.41) is 17.2. The molecule has 0 unspecified atom stereocenters. The standard InChI is InChI=1S/C19H28N4O3/c1-22-18(23-3-2-15(24)10-23)16(9-20-22)26-19(25)21-17-13-5-11-4-12(7-13)8-14(17)6-11/h9,11-15,17,24H,2-8,10H2,1H3,(H,21,25)/t11?,12?,13?,14?,15-,17?/m1/s1. The van der Waals surface area contributed by atoms with E-state index >= 15 is 0 Å². The fourth-order valence-electron chi connectivity index (χ4n) is 6.20. The molecular weight excluding hydrogens is 332 g/mol. The predicted octanol–water partition coefficient (Wildman–Crippen LogP) is 1.90. The quantitative estimate of drug-likeness (QED) is 0.861. The van der Waals surface area contributed by atoms with E-state index in [0.717, 1.165) is 30.6 Å². The maximum Gasteiger partial charge on any atom is 0.413 e. The van der Waals surface area contributed by atoms with E-state index in [1.54, 1.807) is 10.9 Å². The number of hydrogen-bond donors (Lipinski definition) is 2. The van der Waals surface area contributed by atoms with Gasteiger partial charge in [-0.05, 0) is 62.2 Å². The summed E-state index contributed by atoms with van der Waals surface area (Å²) < 4.78 is 7.38. The van der Waals surface area contributed by atoms with Gasteiger partial charge in [0, 0.05) is 26.2 Å². The number of β-amino-alcohol motifs (C(OH)–C–C–N with tert-alkyl or cyclic N) is 1. The molecule has 1 atom stereocenters. The molecule has 5 aliphatic rings. The minimum Gasteiger partial charge on any atom is -0.405 e. The van der Waals surface area contributed by atoms with Crippen LogP contribution in [-0.4, -0.2) is 46.2 Å². The maximum absolute atomic E-state index is 12.6. The summed E-state index contributed by atoms with van der Waals surface area (Å²) in [6.45, 7) is 1.29. The zero-order valence-corrected chi connectivity index (χ0v) is 15.3. The summed E-state index contributed by atoms with van der Waals surface area (Å²) >= 11 is 0. The zero-order valence-electron chi connectivity index (χ0n) is 15.3. The molecule has 5 fully saturated rings. The lowest BCUT2D eigenvalue weighted by molar-refractivity contribution is -0.0114. The Hall–Kier alpha value is -1.76. The first kappa shape index (κ1) is 16.4. The Morgan fingerprint density at radius 1 is 1.23 bits per heavy atom. The maximum atomic E-state index is 12.6. The van der Waals surface area contributed by atoms with Gasteiger partial charge >= 0.3 is 6.09 Å². The van der Waals surface area contributed by atoms with Crippen LogP contribution in [0.5, 0.6) is 5.75 Å². The van der Waals surface area contributed by atoms with Crippen LogP contribution in [-0.2, 0) is 7.05 Å². The Labute approximate surface area is 153 Å². The number of hydrogen-bond acceptors (Lipinski definition) is 5. The fourth-order valence-corrected chi connectivity index (χ4v) is 6.20. The molecule has 7 nitrogen and oxygen atoms in total. The Morgan fingerprint density at radius 2 is 1.92 bits per heavy atom. The van der Waals surface area contributed by atoms with Gasteiger partial charge in [0.1, 0.15) is 0 Å². The number of aliphatic hydroxyl groups is 1. The average molecular weight is 360 g/mol. The average Bonchev–Trinajstić information content (AvgIpc) is 3.16. The second-order valence-electron chi connectivity index (χ2n) is 8.83. The SMILES string of the molecule is Cn1ncc(OC(=O)NC2C3CC4CC(C3)CC2C4)c1N1CC[C@@H](O)C1. The number of nitrogens with one attached hydrogen (secondary N) is 1. The van der Waals surface area contributed by atoms with Gasteiger partial charge in [-0.25, -0.2) is 9.48 Å². The molecule has 26 heavy (non-hydrogen) atoms. The van der Waals surface area contributed by atoms with Gasteiger partial charge in [0.05, 0.1) is 12.3 Å². The summed E-state index contributed by atoms with van der Waals surface area (Å²) in [6, 6.07) is 0.268. The van der Waals surface area contributed by atoms with Crippen LogP contribution in [0.1, 0.15) is 38.5 Å². The third-order valence-electron chi connectivity index (χ3n) is 7.05. The highest BCUT2D eigenvalue weighted by atomic mass is 16.6. The fraction of sp³-hybridized carbons (Fsp3) is 0.789. The van der Waals surface area contributed by atoms with Gasteiger partial charge in [0.2, 0.25) is 0 Å². The van der Waals surface area contributed by atoms with Crippen molar-refractivity contribution in [2.75, 3.05) is 18.0 Å². The first-order valence-corrected chi connectivity index (χ1v) is 10.00. The second-order valence-corrected chi connectivity index (χ2v) is 8.83. The molecule has 4 aliphatic carbocycles. The molecule has 4 bridgehead atoms. The summed E-state index contributed by atoms with van der Waals surface area (Å²) in [6.07, 6.45) is 8.09. The molecule has 0 spiro atoms. The van der Waals surface area contributed by atoms with Crippen molar-refractivity contribution in [1.29, 1.82) is 0 Å². The van der Waals surface area contributed by atoms with E-state index in [0.29, 0.717) is 24.1 Å². The molecule has 0 radical (unpaired) electrons. The lowest BCUT2D eigenvalue weighted by atomic mass is 9.54. The first-order chi connectivity index (χ1) is 12.6. The van der Waals surface area contributed by atoms with Gasteiger partial charge in [-0.15, -0.1) is 0 Å². The van der Waals surface area contributed by atoms with E-state index in [1.807, 2.05) is 11.9 Å². The van der Waals surface area contributed by atoms with E-state index in [1.165, 1.54) is 32.1 Å². The normalized spacial score (nSPS) is 38.0. The van der Waals surface area contributed by atoms with Crippen molar-refractivity contribution < 1.29 is 14.6 Å². The zero-order chi connectivity index (χ0) is 17.8. The van der Waals surface area contributed by atoms with E-state index in [2.05, 4.69) is 10.4 Å². The number of rotatable bonds is 3. The van der Waals surface area contributed by atoms with E-state index in [-0.39, 0.29) is 18.2 Å². The van der Waals surface area contributed by atoms with Crippen molar-refractivity contribution in [3.05, 3.63) is 6.20 Å². The number of aromatic nitrogens is 2. The Kier molecular flexibility index (Phi) is 3.88. The molecule has 1 aromatic rings. The molecule has 4 saturated carbocycles. The van der Waals surface area contributed by atoms with Crippen molar-refractivity contribution in [2.45, 2.75) is 50.7 Å². The third-order valence-corrected chi connectivity index (χ3v) is 7.05. The van der Waals surface area contributed by atoms with Gasteiger partial charge in [0.25, 0.3) is 0 Å². The smallest absolute Gasteiger partial charge is 0.405 e. The highest BCUT2D eigenvalue weighted by Gasteiger charge is 2.48. The lowest BCUT2D eigenvalue weighted by Gasteiger charge is -2.54. The van der Waals surface area contributed by atoms with Gasteiger partial charge in [0.15, 0.2) is 11.6 Å². The molecule has 7 heteroatoms. The Bertz CT molecular complexity index is 675. The molecule has 1 aromatic heterocycles. The Balaban J connectivity index is 1.27. The number of nitrogens with zero attached hydrogens (tertiary/aromatic N) is 3. The molecule has 2 heterocycles. The Morgan fingerprint density at radius 3 is 2.54 bits per heavy atom. The topological polar surface area (TPSA) is 79.6 Å². The van der Waals surface area contributed by atoms with E-state index in [9.17, 15) is 9.90 Å². The predicted molar refractivity (Wildman–Crippen MR) is 96.0 cm³/mol. The number of carbonyl (C=O) groups excluding carboxylic acids is 1. The van der Waals surface area contributed by atoms with Crippen LogP contribution in [0.4, 0.5) is 10.6 Å². The van der Waals surface area contributed by atoms with Crippen molar-refractivity contribution in [1.82, 2.24) is 15.1 Å². The van der Waals surface area contributed by atoms with Crippen LogP contribution in [0.3, 0.4) is 0 Å². The summed E-state index contributed by atoms with van der Waals surface area (Å²) in [5.74, 6) is 4.27. The largest absolute Gasteiger partial charge is 0.413 e. The highest BCUT2D eigenvalue weighted by Crippen LogP contribution is 2.53. The van der Waals surface area contributed by atoms with Crippen molar-refractivity contribution >= 4 is 11.9 Å². The second kappa shape index (κ2) is 6.15. The minimum absolute atomic E-state index is 0.268. The van der Waals surface area contributed by atoms with Crippen molar-refractivity contribution in [2.24, 2.45) is 30.7 Å². The van der Waals surface area contributed by atoms with Crippen molar-refractivity contribution in [3.8, 4) is 5.75 Å². The van der Waals surface area contributed by atoms with Crippen LogP contribution in [0.15, 0.2) is 6.20 Å². The summed E-state index contributed by atoms with van der Waals surface area (Å²) in [7, 11) is 1.84. The molecule has 2 N–H and O–H groups in total. The monoisotopic (exact) mass is 360 g/mol. The lowest BCUT2D eigenvalue weighted by Crippen LogP contribution is -2.56. The number of carbonyl (C=O) groups is 1. The minimum atomic E-state index is -0.364. The number of ether oxygens (including phenoxy) is 1. The molecule has 1 saturated heterocycles. The van der Waals surface area contributed by atoms with Crippen molar-refractivity contribution in [3.63, 3.8) is 0 Å². The molecule has 1 aliphatic heterocycles. The summed E-state index contributed by atoms with van der Waals surface area (Å²) in [5.41, 5.74) is 0. The van der Waals surface area contributed by atoms with Crippen LogP contribution >= 0.6 is 0 Å². The van der Waals surface area contributed by atoms with Crippen LogP contribution in [0.25, 0.3) is 0 Å². The van der Waals surface area contributed by atoms with Gasteiger partial charge in [-0.3, -0.25) is 0 Å². The molecule has 1 amide bonds. The molecule has 0 aromatic carbocycles. The van der Waals surface area contributed by atoms with Crippen LogP contribution in [0.2, 0.25) is 0 Å². The van der Waals surface area contributed by atoms with Gasteiger partial charge < -0.3 is 20.1 Å². The molecule has 142 valence electrons. The number of aryl methyl sites for hydroxylation is 1. The van der Waals surface area contributed by atoms with Crippen LogP contribution in [0, 0.1) is 23.7 Å². The first-order valence-electron chi connectivity index (χ1n) is 10.00. The van der Waals surface area contributed by atoms with Crippen LogP contribution < -0.4 is 15.0 Å². The molecular formula is C19H28N4O3. The number of anilines is 1. The van der Waals surface area contributed by atoms with E-state index in [4.69, 9.17) is 4.74 Å². The third kappa shape index (κ3) is 2.76. The number of amides is 1. The summed E-state index contributed by atoms with van der Waals surface area (Å²) in [4.78, 5) is 14.6. The highest BCUT2D eigenvalue weighted by molar-refractivity contribution is 5.73.